The zero-order valence-electron chi connectivity index (χ0n) is 17.7. The Bertz CT molecular complexity index is 1140. The summed E-state index contributed by atoms with van der Waals surface area (Å²) < 4.78 is 1.93. The van der Waals surface area contributed by atoms with E-state index in [1.165, 1.54) is 17.0 Å². The molecule has 1 aromatic carbocycles. The van der Waals surface area contributed by atoms with Gasteiger partial charge in [-0.05, 0) is 43.2 Å². The number of thiazole rings is 1. The molecule has 0 aliphatic rings. The predicted octanol–water partition coefficient (Wildman–Crippen LogP) is 4.66. The molecular weight excluding hydrogens is 406 g/mol. The molecule has 158 valence electrons. The van der Waals surface area contributed by atoms with E-state index >= 15 is 0 Å². The molecule has 0 atom stereocenters. The van der Waals surface area contributed by atoms with Crippen LogP contribution in [0.15, 0.2) is 67.1 Å². The SMILES string of the molecule is Cc1nc(-c2ccn(CCN(C)c3ccccc3)n2)sc1C(=O)CCc1cccnc1. The molecule has 0 fully saturated rings. The molecule has 0 saturated heterocycles. The minimum atomic E-state index is 0.119. The Morgan fingerprint density at radius 3 is 2.74 bits per heavy atom. The maximum absolute atomic E-state index is 12.7. The fourth-order valence-corrected chi connectivity index (χ4v) is 4.35. The lowest BCUT2D eigenvalue weighted by atomic mass is 10.1. The zero-order chi connectivity index (χ0) is 21.6. The Morgan fingerprint density at radius 2 is 1.97 bits per heavy atom. The van der Waals surface area contributed by atoms with E-state index in [4.69, 9.17) is 0 Å². The number of hydrogen-bond donors (Lipinski definition) is 0. The Morgan fingerprint density at radius 1 is 1.13 bits per heavy atom. The van der Waals surface area contributed by atoms with E-state index in [-0.39, 0.29) is 5.78 Å². The number of nitrogens with zero attached hydrogens (tertiary/aromatic N) is 5. The van der Waals surface area contributed by atoms with Crippen molar-refractivity contribution >= 4 is 22.8 Å². The van der Waals surface area contributed by atoms with Gasteiger partial charge < -0.3 is 4.90 Å². The highest BCUT2D eigenvalue weighted by Gasteiger charge is 2.17. The molecule has 0 saturated carbocycles. The first kappa shape index (κ1) is 20.9. The van der Waals surface area contributed by atoms with Gasteiger partial charge in [0.25, 0.3) is 0 Å². The number of carbonyl (C=O) groups is 1. The molecule has 31 heavy (non-hydrogen) atoms. The number of carbonyl (C=O) groups excluding carboxylic acids is 1. The second-order valence-corrected chi connectivity index (χ2v) is 8.44. The van der Waals surface area contributed by atoms with Gasteiger partial charge in [0.05, 0.1) is 17.1 Å². The lowest BCUT2D eigenvalue weighted by molar-refractivity contribution is 0.0986. The lowest BCUT2D eigenvalue weighted by Crippen LogP contribution is -2.22. The van der Waals surface area contributed by atoms with Crippen molar-refractivity contribution in [2.24, 2.45) is 0 Å². The fraction of sp³-hybridized carbons (Fsp3) is 0.250. The molecule has 7 heteroatoms. The van der Waals surface area contributed by atoms with Crippen LogP contribution in [0.2, 0.25) is 0 Å². The monoisotopic (exact) mass is 431 g/mol. The molecule has 3 heterocycles. The first-order valence-corrected chi connectivity index (χ1v) is 11.1. The summed E-state index contributed by atoms with van der Waals surface area (Å²) in [6, 6.07) is 16.1. The van der Waals surface area contributed by atoms with E-state index in [0.29, 0.717) is 12.8 Å². The Hall–Kier alpha value is -3.32. The number of aromatic nitrogens is 4. The summed E-state index contributed by atoms with van der Waals surface area (Å²) in [6.07, 6.45) is 6.65. The van der Waals surface area contributed by atoms with Crippen molar-refractivity contribution in [3.8, 4) is 10.7 Å². The van der Waals surface area contributed by atoms with Crippen LogP contribution in [0.3, 0.4) is 0 Å². The van der Waals surface area contributed by atoms with E-state index in [2.05, 4.69) is 39.1 Å². The molecule has 0 unspecified atom stereocenters. The first-order valence-electron chi connectivity index (χ1n) is 10.3. The number of para-hydroxylation sites is 1. The highest BCUT2D eigenvalue weighted by Crippen LogP contribution is 2.28. The number of aryl methyl sites for hydroxylation is 2. The molecule has 0 aliphatic carbocycles. The molecule has 4 rings (SSSR count). The normalized spacial score (nSPS) is 10.9. The highest BCUT2D eigenvalue weighted by atomic mass is 32.1. The Balaban J connectivity index is 1.38. The standard InChI is InChI=1S/C24H25N5OS/c1-18-23(22(30)11-10-19-7-6-13-25-17-19)31-24(26-18)21-12-14-29(27-21)16-15-28(2)20-8-4-3-5-9-20/h3-9,12-14,17H,10-11,15-16H2,1-2H3. The van der Waals surface area contributed by atoms with Crippen molar-refractivity contribution in [3.05, 3.63) is 83.3 Å². The number of rotatable bonds is 9. The average molecular weight is 432 g/mol. The summed E-state index contributed by atoms with van der Waals surface area (Å²) in [5.41, 5.74) is 3.83. The van der Waals surface area contributed by atoms with Crippen LogP contribution in [0.4, 0.5) is 5.69 Å². The van der Waals surface area contributed by atoms with Crippen molar-refractivity contribution in [1.29, 1.82) is 0 Å². The number of pyridine rings is 1. The smallest absolute Gasteiger partial charge is 0.175 e. The van der Waals surface area contributed by atoms with Gasteiger partial charge in [-0.2, -0.15) is 5.10 Å². The van der Waals surface area contributed by atoms with Gasteiger partial charge in [-0.1, -0.05) is 24.3 Å². The van der Waals surface area contributed by atoms with E-state index in [1.54, 1.807) is 12.4 Å². The first-order chi connectivity index (χ1) is 15.1. The molecule has 6 nitrogen and oxygen atoms in total. The minimum absolute atomic E-state index is 0.119. The Labute approximate surface area is 186 Å². The largest absolute Gasteiger partial charge is 0.373 e. The van der Waals surface area contributed by atoms with Gasteiger partial charge in [0.1, 0.15) is 10.7 Å². The number of Topliss-reactive ketones (excluding diaryl/α,β-unsaturated/α-hetero) is 1. The third-order valence-corrected chi connectivity index (χ3v) is 6.36. The molecule has 4 aromatic rings. The number of hydrogen-bond acceptors (Lipinski definition) is 6. The maximum Gasteiger partial charge on any atom is 0.175 e. The number of ketones is 1. The van der Waals surface area contributed by atoms with Gasteiger partial charge in [0, 0.05) is 44.3 Å². The molecule has 0 radical (unpaired) electrons. The van der Waals surface area contributed by atoms with Crippen molar-refractivity contribution in [2.75, 3.05) is 18.5 Å². The Kier molecular flexibility index (Phi) is 6.52. The quantitative estimate of drug-likeness (QED) is 0.361. The summed E-state index contributed by atoms with van der Waals surface area (Å²) in [4.78, 5) is 24.4. The van der Waals surface area contributed by atoms with Crippen molar-refractivity contribution in [1.82, 2.24) is 19.7 Å². The van der Waals surface area contributed by atoms with Gasteiger partial charge in [-0.3, -0.25) is 14.5 Å². The summed E-state index contributed by atoms with van der Waals surface area (Å²) in [7, 11) is 2.08. The van der Waals surface area contributed by atoms with E-state index in [9.17, 15) is 4.79 Å². The van der Waals surface area contributed by atoms with Gasteiger partial charge in [-0.25, -0.2) is 4.98 Å². The molecule has 0 bridgehead atoms. The third-order valence-electron chi connectivity index (χ3n) is 5.13. The van der Waals surface area contributed by atoms with Crippen molar-refractivity contribution in [3.63, 3.8) is 0 Å². The van der Waals surface area contributed by atoms with Crippen LogP contribution >= 0.6 is 11.3 Å². The summed E-state index contributed by atoms with van der Waals surface area (Å²) >= 11 is 1.43. The van der Waals surface area contributed by atoms with Gasteiger partial charge >= 0.3 is 0 Å². The molecule has 0 spiro atoms. The molecule has 0 N–H and O–H groups in total. The van der Waals surface area contributed by atoms with Gasteiger partial charge in [0.15, 0.2) is 5.78 Å². The van der Waals surface area contributed by atoms with Crippen LogP contribution in [-0.2, 0) is 13.0 Å². The number of likely N-dealkylation sites (N-methyl/N-ethyl adjacent to an activating group) is 1. The zero-order valence-corrected chi connectivity index (χ0v) is 18.5. The second kappa shape index (κ2) is 9.66. The highest BCUT2D eigenvalue weighted by molar-refractivity contribution is 7.17. The van der Waals surface area contributed by atoms with Crippen LogP contribution in [0, 0.1) is 6.92 Å². The summed E-state index contributed by atoms with van der Waals surface area (Å²) in [6.45, 7) is 3.51. The number of anilines is 1. The maximum atomic E-state index is 12.7. The van der Waals surface area contributed by atoms with Crippen molar-refractivity contribution in [2.45, 2.75) is 26.3 Å². The summed E-state index contributed by atoms with van der Waals surface area (Å²) in [5, 5.41) is 5.46. The molecule has 0 amide bonds. The second-order valence-electron chi connectivity index (χ2n) is 7.44. The minimum Gasteiger partial charge on any atom is -0.373 e. The van der Waals surface area contributed by atoms with E-state index in [0.717, 1.165) is 39.9 Å². The van der Waals surface area contributed by atoms with Crippen LogP contribution in [0.25, 0.3) is 10.7 Å². The molecule has 0 aliphatic heterocycles. The van der Waals surface area contributed by atoms with Crippen LogP contribution in [-0.4, -0.2) is 39.1 Å². The van der Waals surface area contributed by atoms with Crippen LogP contribution < -0.4 is 4.90 Å². The van der Waals surface area contributed by atoms with Crippen LogP contribution in [0.1, 0.15) is 27.3 Å². The number of benzene rings is 1. The topological polar surface area (TPSA) is 63.9 Å². The van der Waals surface area contributed by atoms with Gasteiger partial charge in [0.2, 0.25) is 0 Å². The summed E-state index contributed by atoms with van der Waals surface area (Å²) in [5.74, 6) is 0.119. The predicted molar refractivity (Wildman–Crippen MR) is 125 cm³/mol. The lowest BCUT2D eigenvalue weighted by Gasteiger charge is -2.18. The third kappa shape index (κ3) is 5.24. The molecule has 3 aromatic heterocycles. The fourth-order valence-electron chi connectivity index (χ4n) is 3.35. The van der Waals surface area contributed by atoms with Crippen LogP contribution in [0.5, 0.6) is 0 Å². The van der Waals surface area contributed by atoms with Gasteiger partial charge in [-0.15, -0.1) is 11.3 Å². The van der Waals surface area contributed by atoms with Crippen molar-refractivity contribution < 1.29 is 4.79 Å². The molecular formula is C24H25N5OS. The van der Waals surface area contributed by atoms with E-state index < -0.39 is 0 Å². The average Bonchev–Trinajstić information content (AvgIpc) is 3.44. The van der Waals surface area contributed by atoms with E-state index in [1.807, 2.05) is 54.2 Å².